The lowest BCUT2D eigenvalue weighted by Gasteiger charge is -2.19. The van der Waals surface area contributed by atoms with E-state index in [0.29, 0.717) is 17.7 Å². The predicted molar refractivity (Wildman–Crippen MR) is 87.2 cm³/mol. The SMILES string of the molecule is CC(C)(C)OC(=O)CCCOC(=O)NC(=N)c1ccc(N)cc1. The lowest BCUT2D eigenvalue weighted by atomic mass is 10.2. The second kappa shape index (κ2) is 8.17. The number of amides is 1. The molecule has 1 amide bonds. The number of nitrogen functional groups attached to an aromatic ring is 1. The van der Waals surface area contributed by atoms with Gasteiger partial charge in [-0.2, -0.15) is 0 Å². The Hall–Kier alpha value is -2.57. The molecule has 0 saturated heterocycles. The van der Waals surface area contributed by atoms with Crippen LogP contribution in [-0.4, -0.2) is 30.1 Å². The summed E-state index contributed by atoms with van der Waals surface area (Å²) in [5, 5.41) is 10.1. The van der Waals surface area contributed by atoms with Crippen LogP contribution in [-0.2, 0) is 14.3 Å². The first kappa shape index (κ1) is 18.5. The van der Waals surface area contributed by atoms with Gasteiger partial charge in [-0.25, -0.2) is 4.79 Å². The predicted octanol–water partition coefficient (Wildman–Crippen LogP) is 2.44. The highest BCUT2D eigenvalue weighted by molar-refractivity contribution is 6.04. The fraction of sp³-hybridized carbons (Fsp3) is 0.438. The molecule has 0 bridgehead atoms. The summed E-state index contributed by atoms with van der Waals surface area (Å²) in [6, 6.07) is 6.52. The van der Waals surface area contributed by atoms with Gasteiger partial charge in [-0.15, -0.1) is 0 Å². The van der Waals surface area contributed by atoms with E-state index in [1.165, 1.54) is 0 Å². The number of amidine groups is 1. The Morgan fingerprint density at radius 3 is 2.39 bits per heavy atom. The Morgan fingerprint density at radius 2 is 1.83 bits per heavy atom. The second-order valence-corrected chi connectivity index (χ2v) is 5.95. The summed E-state index contributed by atoms with van der Waals surface area (Å²) in [5.41, 5.74) is 6.12. The van der Waals surface area contributed by atoms with Gasteiger partial charge in [0.1, 0.15) is 11.4 Å². The first-order chi connectivity index (χ1) is 10.7. The smallest absolute Gasteiger partial charge is 0.412 e. The van der Waals surface area contributed by atoms with E-state index in [9.17, 15) is 9.59 Å². The molecule has 1 aromatic rings. The topological polar surface area (TPSA) is 114 Å². The Balaban J connectivity index is 2.25. The molecule has 0 saturated carbocycles. The number of alkyl carbamates (subject to hydrolysis) is 1. The second-order valence-electron chi connectivity index (χ2n) is 5.95. The van der Waals surface area contributed by atoms with E-state index in [0.717, 1.165) is 0 Å². The zero-order valence-corrected chi connectivity index (χ0v) is 13.6. The number of hydrogen-bond acceptors (Lipinski definition) is 6. The van der Waals surface area contributed by atoms with Crippen molar-refractivity contribution in [3.63, 3.8) is 0 Å². The molecule has 23 heavy (non-hydrogen) atoms. The summed E-state index contributed by atoms with van der Waals surface area (Å²) in [7, 11) is 0. The lowest BCUT2D eigenvalue weighted by Crippen LogP contribution is -2.31. The highest BCUT2D eigenvalue weighted by Gasteiger charge is 2.16. The number of benzene rings is 1. The maximum absolute atomic E-state index is 11.6. The van der Waals surface area contributed by atoms with Crippen molar-refractivity contribution in [1.29, 1.82) is 5.41 Å². The van der Waals surface area contributed by atoms with E-state index in [1.54, 1.807) is 45.0 Å². The molecule has 7 heteroatoms. The Morgan fingerprint density at radius 1 is 1.22 bits per heavy atom. The van der Waals surface area contributed by atoms with Crippen LogP contribution in [0, 0.1) is 5.41 Å². The van der Waals surface area contributed by atoms with Gasteiger partial charge < -0.3 is 15.2 Å². The summed E-state index contributed by atoms with van der Waals surface area (Å²) in [4.78, 5) is 23.0. The third-order valence-corrected chi connectivity index (χ3v) is 2.60. The van der Waals surface area contributed by atoms with Crippen LogP contribution in [0.2, 0.25) is 0 Å². The highest BCUT2D eigenvalue weighted by Crippen LogP contribution is 2.09. The standard InChI is InChI=1S/C16H23N3O4/c1-16(2,3)23-13(20)5-4-10-22-15(21)19-14(18)11-6-8-12(17)9-7-11/h6-9H,4-5,10,17H2,1-3H3,(H2,18,19,21). The summed E-state index contributed by atoms with van der Waals surface area (Å²) < 4.78 is 10.1. The zero-order chi connectivity index (χ0) is 17.5. The van der Waals surface area contributed by atoms with E-state index in [2.05, 4.69) is 5.32 Å². The minimum Gasteiger partial charge on any atom is -0.460 e. The number of carbonyl (C=O) groups excluding carboxylic acids is 2. The van der Waals surface area contributed by atoms with Crippen LogP contribution in [0.5, 0.6) is 0 Å². The number of carbonyl (C=O) groups is 2. The molecule has 0 aliphatic rings. The van der Waals surface area contributed by atoms with Crippen LogP contribution >= 0.6 is 0 Å². The molecular weight excluding hydrogens is 298 g/mol. The van der Waals surface area contributed by atoms with Gasteiger partial charge in [-0.3, -0.25) is 15.5 Å². The minimum absolute atomic E-state index is 0.0695. The summed E-state index contributed by atoms with van der Waals surface area (Å²) in [5.74, 6) is -0.418. The van der Waals surface area contributed by atoms with Crippen molar-refractivity contribution in [2.24, 2.45) is 0 Å². The van der Waals surface area contributed by atoms with Gasteiger partial charge in [-0.05, 0) is 51.5 Å². The number of nitrogens with two attached hydrogens (primary N) is 1. The Kier molecular flexibility index (Phi) is 6.56. The van der Waals surface area contributed by atoms with Crippen LogP contribution < -0.4 is 11.1 Å². The van der Waals surface area contributed by atoms with Crippen molar-refractivity contribution in [1.82, 2.24) is 5.32 Å². The number of anilines is 1. The molecule has 1 rings (SSSR count). The van der Waals surface area contributed by atoms with Crippen LogP contribution in [0.25, 0.3) is 0 Å². The molecule has 0 aliphatic carbocycles. The Labute approximate surface area is 135 Å². The Bertz CT molecular complexity index is 562. The van der Waals surface area contributed by atoms with Crippen molar-refractivity contribution in [2.45, 2.75) is 39.2 Å². The van der Waals surface area contributed by atoms with Crippen molar-refractivity contribution >= 4 is 23.6 Å². The molecule has 7 nitrogen and oxygen atoms in total. The van der Waals surface area contributed by atoms with Gasteiger partial charge in [0.2, 0.25) is 0 Å². The first-order valence-corrected chi connectivity index (χ1v) is 7.27. The molecule has 0 spiro atoms. The average molecular weight is 321 g/mol. The maximum atomic E-state index is 11.6. The van der Waals surface area contributed by atoms with E-state index in [-0.39, 0.29) is 24.8 Å². The lowest BCUT2D eigenvalue weighted by molar-refractivity contribution is -0.155. The van der Waals surface area contributed by atoms with Gasteiger partial charge in [0.25, 0.3) is 0 Å². The molecule has 0 atom stereocenters. The minimum atomic E-state index is -0.740. The van der Waals surface area contributed by atoms with E-state index >= 15 is 0 Å². The van der Waals surface area contributed by atoms with Crippen LogP contribution in [0.4, 0.5) is 10.5 Å². The zero-order valence-electron chi connectivity index (χ0n) is 13.6. The van der Waals surface area contributed by atoms with Crippen molar-refractivity contribution in [3.05, 3.63) is 29.8 Å². The van der Waals surface area contributed by atoms with Gasteiger partial charge in [-0.1, -0.05) is 0 Å². The van der Waals surface area contributed by atoms with Crippen LogP contribution in [0.15, 0.2) is 24.3 Å². The summed E-state index contributed by atoms with van der Waals surface area (Å²) in [6.45, 7) is 5.44. The van der Waals surface area contributed by atoms with Crippen molar-refractivity contribution in [3.8, 4) is 0 Å². The van der Waals surface area contributed by atoms with Crippen molar-refractivity contribution in [2.75, 3.05) is 12.3 Å². The summed E-state index contributed by atoms with van der Waals surface area (Å²) >= 11 is 0. The monoisotopic (exact) mass is 321 g/mol. The highest BCUT2D eigenvalue weighted by atomic mass is 16.6. The van der Waals surface area contributed by atoms with E-state index in [4.69, 9.17) is 20.6 Å². The molecule has 4 N–H and O–H groups in total. The first-order valence-electron chi connectivity index (χ1n) is 7.27. The average Bonchev–Trinajstić information content (AvgIpc) is 2.42. The normalized spacial score (nSPS) is 10.7. The number of nitrogens with one attached hydrogen (secondary N) is 2. The van der Waals surface area contributed by atoms with Crippen LogP contribution in [0.3, 0.4) is 0 Å². The molecule has 0 heterocycles. The number of ether oxygens (including phenoxy) is 2. The van der Waals surface area contributed by atoms with Gasteiger partial charge in [0.15, 0.2) is 0 Å². The van der Waals surface area contributed by atoms with Crippen molar-refractivity contribution < 1.29 is 19.1 Å². The molecule has 0 fully saturated rings. The third-order valence-electron chi connectivity index (χ3n) is 2.60. The fourth-order valence-electron chi connectivity index (χ4n) is 1.63. The molecule has 0 unspecified atom stereocenters. The third kappa shape index (κ3) is 7.85. The molecule has 0 radical (unpaired) electrons. The molecule has 0 aromatic heterocycles. The largest absolute Gasteiger partial charge is 0.460 e. The summed E-state index contributed by atoms with van der Waals surface area (Å²) in [6.07, 6.45) is -0.215. The number of hydrogen-bond donors (Lipinski definition) is 3. The van der Waals surface area contributed by atoms with Crippen LogP contribution in [0.1, 0.15) is 39.2 Å². The maximum Gasteiger partial charge on any atom is 0.412 e. The molecule has 126 valence electrons. The van der Waals surface area contributed by atoms with Gasteiger partial charge >= 0.3 is 12.1 Å². The number of rotatable bonds is 5. The molecular formula is C16H23N3O4. The molecule has 1 aromatic carbocycles. The fourth-order valence-corrected chi connectivity index (χ4v) is 1.63. The quantitative estimate of drug-likeness (QED) is 0.253. The van der Waals surface area contributed by atoms with Gasteiger partial charge in [0.05, 0.1) is 6.61 Å². The molecule has 0 aliphatic heterocycles. The van der Waals surface area contributed by atoms with E-state index < -0.39 is 11.7 Å². The van der Waals surface area contributed by atoms with Gasteiger partial charge in [0, 0.05) is 17.7 Å². The number of esters is 1. The van der Waals surface area contributed by atoms with E-state index in [1.807, 2.05) is 0 Å².